The van der Waals surface area contributed by atoms with Crippen LogP contribution in [0.2, 0.25) is 0 Å². The second kappa shape index (κ2) is 7.05. The van der Waals surface area contributed by atoms with Crippen molar-refractivity contribution < 1.29 is 14.3 Å². The van der Waals surface area contributed by atoms with Crippen molar-refractivity contribution in [2.24, 2.45) is 0 Å². The molecule has 1 amide bonds. The van der Waals surface area contributed by atoms with Crippen LogP contribution in [-0.2, 0) is 10.2 Å². The quantitative estimate of drug-likeness (QED) is 0.914. The minimum Gasteiger partial charge on any atom is -0.493 e. The van der Waals surface area contributed by atoms with Crippen molar-refractivity contribution in [1.82, 2.24) is 0 Å². The van der Waals surface area contributed by atoms with E-state index in [1.807, 2.05) is 26.0 Å². The Morgan fingerprint density at radius 1 is 1.04 bits per heavy atom. The molecule has 0 heterocycles. The molecule has 0 saturated heterocycles. The van der Waals surface area contributed by atoms with Crippen LogP contribution in [0, 0.1) is 11.3 Å². The second-order valence-electron chi connectivity index (χ2n) is 5.84. The van der Waals surface area contributed by atoms with Gasteiger partial charge in [0.1, 0.15) is 0 Å². The van der Waals surface area contributed by atoms with Gasteiger partial charge >= 0.3 is 0 Å². The fraction of sp³-hybridized carbons (Fsp3) is 0.263. The Morgan fingerprint density at radius 3 is 2.21 bits per heavy atom. The van der Waals surface area contributed by atoms with Gasteiger partial charge in [-0.05, 0) is 55.8 Å². The van der Waals surface area contributed by atoms with E-state index in [1.165, 1.54) is 0 Å². The number of carbonyl (C=O) groups is 1. The summed E-state index contributed by atoms with van der Waals surface area (Å²) in [6, 6.07) is 14.2. The van der Waals surface area contributed by atoms with Crippen molar-refractivity contribution in [3.8, 4) is 17.6 Å². The maximum absolute atomic E-state index is 12.7. The molecule has 0 radical (unpaired) electrons. The predicted molar refractivity (Wildman–Crippen MR) is 92.4 cm³/mol. The lowest BCUT2D eigenvalue weighted by atomic mass is 9.83. The summed E-state index contributed by atoms with van der Waals surface area (Å²) < 4.78 is 10.5. The van der Waals surface area contributed by atoms with Gasteiger partial charge in [-0.2, -0.15) is 5.26 Å². The van der Waals surface area contributed by atoms with E-state index in [9.17, 15) is 4.79 Å². The van der Waals surface area contributed by atoms with E-state index >= 15 is 0 Å². The largest absolute Gasteiger partial charge is 0.493 e. The molecule has 24 heavy (non-hydrogen) atoms. The molecule has 5 heteroatoms. The molecule has 1 N–H and O–H groups in total. The van der Waals surface area contributed by atoms with Crippen molar-refractivity contribution in [2.75, 3.05) is 19.5 Å². The van der Waals surface area contributed by atoms with E-state index in [-0.39, 0.29) is 5.91 Å². The highest BCUT2D eigenvalue weighted by molar-refractivity contribution is 5.98. The molecule has 0 aromatic heterocycles. The molecule has 0 bridgehead atoms. The Bertz CT molecular complexity index is 774. The number of hydrogen-bond donors (Lipinski definition) is 1. The third-order valence-electron chi connectivity index (χ3n) is 3.94. The number of hydrogen-bond acceptors (Lipinski definition) is 4. The zero-order valence-electron chi connectivity index (χ0n) is 14.2. The molecule has 124 valence electrons. The highest BCUT2D eigenvalue weighted by atomic mass is 16.5. The molecule has 0 aliphatic heterocycles. The Morgan fingerprint density at radius 2 is 1.67 bits per heavy atom. The molecular weight excluding hydrogens is 304 g/mol. The molecular formula is C19H20N2O3. The van der Waals surface area contributed by atoms with Gasteiger partial charge in [-0.3, -0.25) is 4.79 Å². The summed E-state index contributed by atoms with van der Waals surface area (Å²) in [4.78, 5) is 12.7. The molecule has 0 saturated carbocycles. The maximum Gasteiger partial charge on any atom is 0.234 e. The standard InChI is InChI=1S/C19H20N2O3/c1-19(2,14-7-10-16(23-3)17(11-14)24-4)18(22)21-15-8-5-13(12-20)6-9-15/h5-11H,1-4H3,(H,21,22). The van der Waals surface area contributed by atoms with Crippen LogP contribution < -0.4 is 14.8 Å². The van der Waals surface area contributed by atoms with Crippen LogP contribution in [0.3, 0.4) is 0 Å². The van der Waals surface area contributed by atoms with Crippen LogP contribution in [-0.4, -0.2) is 20.1 Å². The molecule has 0 spiro atoms. The van der Waals surface area contributed by atoms with Gasteiger partial charge in [-0.1, -0.05) is 6.07 Å². The summed E-state index contributed by atoms with van der Waals surface area (Å²) in [6.07, 6.45) is 0. The lowest BCUT2D eigenvalue weighted by molar-refractivity contribution is -0.120. The fourth-order valence-corrected chi connectivity index (χ4v) is 2.27. The van der Waals surface area contributed by atoms with E-state index < -0.39 is 5.41 Å². The van der Waals surface area contributed by atoms with Crippen molar-refractivity contribution in [1.29, 1.82) is 5.26 Å². The lowest BCUT2D eigenvalue weighted by Crippen LogP contribution is -2.34. The minimum absolute atomic E-state index is 0.153. The van der Waals surface area contributed by atoms with Crippen molar-refractivity contribution in [3.63, 3.8) is 0 Å². The number of rotatable bonds is 5. The summed E-state index contributed by atoms with van der Waals surface area (Å²) in [5.41, 5.74) is 1.24. The maximum atomic E-state index is 12.7. The summed E-state index contributed by atoms with van der Waals surface area (Å²) in [7, 11) is 3.13. The van der Waals surface area contributed by atoms with Crippen LogP contribution in [0.4, 0.5) is 5.69 Å². The first kappa shape index (κ1) is 17.4. The van der Waals surface area contributed by atoms with Gasteiger partial charge in [-0.25, -0.2) is 0 Å². The highest BCUT2D eigenvalue weighted by Crippen LogP contribution is 2.33. The first-order chi connectivity index (χ1) is 11.4. The predicted octanol–water partition coefficient (Wildman–Crippen LogP) is 3.49. The summed E-state index contributed by atoms with van der Waals surface area (Å²) in [6.45, 7) is 3.68. The molecule has 2 aromatic rings. The van der Waals surface area contributed by atoms with Crippen molar-refractivity contribution in [2.45, 2.75) is 19.3 Å². The van der Waals surface area contributed by atoms with Gasteiger partial charge in [0.25, 0.3) is 0 Å². The molecule has 2 aromatic carbocycles. The molecule has 0 aliphatic carbocycles. The second-order valence-corrected chi connectivity index (χ2v) is 5.84. The summed E-state index contributed by atoms with van der Waals surface area (Å²) in [5.74, 6) is 1.04. The van der Waals surface area contributed by atoms with Gasteiger partial charge in [-0.15, -0.1) is 0 Å². The van der Waals surface area contributed by atoms with Crippen molar-refractivity contribution in [3.05, 3.63) is 53.6 Å². The van der Waals surface area contributed by atoms with Gasteiger partial charge in [0, 0.05) is 5.69 Å². The normalized spacial score (nSPS) is 10.6. The average molecular weight is 324 g/mol. The van der Waals surface area contributed by atoms with Crippen LogP contribution >= 0.6 is 0 Å². The Labute approximate surface area is 141 Å². The van der Waals surface area contributed by atoms with Gasteiger partial charge in [0.05, 0.1) is 31.3 Å². The van der Waals surface area contributed by atoms with E-state index in [2.05, 4.69) is 5.32 Å². The Balaban J connectivity index is 2.25. The number of ether oxygens (including phenoxy) is 2. The van der Waals surface area contributed by atoms with Crippen LogP contribution in [0.5, 0.6) is 11.5 Å². The van der Waals surface area contributed by atoms with E-state index in [4.69, 9.17) is 14.7 Å². The first-order valence-corrected chi connectivity index (χ1v) is 7.46. The van der Waals surface area contributed by atoms with E-state index in [0.29, 0.717) is 22.7 Å². The molecule has 5 nitrogen and oxygen atoms in total. The number of nitriles is 1. The van der Waals surface area contributed by atoms with Crippen molar-refractivity contribution >= 4 is 11.6 Å². The number of methoxy groups -OCH3 is 2. The third kappa shape index (κ3) is 3.49. The molecule has 0 fully saturated rings. The summed E-state index contributed by atoms with van der Waals surface area (Å²) >= 11 is 0. The molecule has 0 unspecified atom stereocenters. The number of anilines is 1. The van der Waals surface area contributed by atoms with Gasteiger partial charge in [0.2, 0.25) is 5.91 Å². The number of amides is 1. The lowest BCUT2D eigenvalue weighted by Gasteiger charge is -2.25. The van der Waals surface area contributed by atoms with Crippen LogP contribution in [0.25, 0.3) is 0 Å². The molecule has 0 aliphatic rings. The number of nitrogens with zero attached hydrogens (tertiary/aromatic N) is 1. The summed E-state index contributed by atoms with van der Waals surface area (Å²) in [5, 5.41) is 11.7. The van der Waals surface area contributed by atoms with Crippen LogP contribution in [0.1, 0.15) is 25.0 Å². The highest BCUT2D eigenvalue weighted by Gasteiger charge is 2.30. The topological polar surface area (TPSA) is 71.3 Å². The first-order valence-electron chi connectivity index (χ1n) is 7.46. The monoisotopic (exact) mass is 324 g/mol. The van der Waals surface area contributed by atoms with Gasteiger partial charge < -0.3 is 14.8 Å². The number of carbonyl (C=O) groups excluding carboxylic acids is 1. The number of nitrogens with one attached hydrogen (secondary N) is 1. The third-order valence-corrected chi connectivity index (χ3v) is 3.94. The van der Waals surface area contributed by atoms with E-state index in [1.54, 1.807) is 50.6 Å². The van der Waals surface area contributed by atoms with Crippen LogP contribution in [0.15, 0.2) is 42.5 Å². The minimum atomic E-state index is -0.770. The smallest absolute Gasteiger partial charge is 0.234 e. The number of benzene rings is 2. The zero-order chi connectivity index (χ0) is 17.7. The zero-order valence-corrected chi connectivity index (χ0v) is 14.2. The Hall–Kier alpha value is -3.00. The Kier molecular flexibility index (Phi) is 5.10. The molecule has 2 rings (SSSR count). The van der Waals surface area contributed by atoms with E-state index in [0.717, 1.165) is 5.56 Å². The SMILES string of the molecule is COc1ccc(C(C)(C)C(=O)Nc2ccc(C#N)cc2)cc1OC. The average Bonchev–Trinajstić information content (AvgIpc) is 2.61. The molecule has 0 atom stereocenters. The fourth-order valence-electron chi connectivity index (χ4n) is 2.27. The van der Waals surface area contributed by atoms with Gasteiger partial charge in [0.15, 0.2) is 11.5 Å².